The Balaban J connectivity index is 1.60. The van der Waals surface area contributed by atoms with Crippen molar-refractivity contribution in [1.82, 2.24) is 15.0 Å². The smallest absolute Gasteiger partial charge is 0.361 e. The van der Waals surface area contributed by atoms with Crippen LogP contribution >= 0.6 is 0 Å². The van der Waals surface area contributed by atoms with Gasteiger partial charge in [-0.15, -0.1) is 5.10 Å². The molecule has 3 aromatic rings. The van der Waals surface area contributed by atoms with Gasteiger partial charge in [0.2, 0.25) is 5.96 Å². The van der Waals surface area contributed by atoms with Gasteiger partial charge in [-0.1, -0.05) is 31.2 Å². The second kappa shape index (κ2) is 12.4. The fourth-order valence-corrected chi connectivity index (χ4v) is 3.51. The molecular weight excluding hydrogens is 452 g/mol. The number of ether oxygens (including phenoxy) is 2. The largest absolute Gasteiger partial charge is 0.492 e. The van der Waals surface area contributed by atoms with Crippen molar-refractivity contribution in [1.29, 1.82) is 0 Å². The molecular formula is C24H30N6O5. The zero-order valence-corrected chi connectivity index (χ0v) is 19.8. The van der Waals surface area contributed by atoms with Crippen molar-refractivity contribution in [2.75, 3.05) is 13.2 Å². The first kappa shape index (κ1) is 25.5. The number of para-hydroxylation sites is 1. The van der Waals surface area contributed by atoms with Crippen LogP contribution < -0.4 is 27.4 Å². The second-order valence-corrected chi connectivity index (χ2v) is 7.53. The van der Waals surface area contributed by atoms with E-state index in [1.165, 1.54) is 0 Å². The van der Waals surface area contributed by atoms with Gasteiger partial charge in [0, 0.05) is 19.4 Å². The van der Waals surface area contributed by atoms with Crippen LogP contribution in [-0.4, -0.2) is 40.8 Å². The zero-order valence-electron chi connectivity index (χ0n) is 19.8. The summed E-state index contributed by atoms with van der Waals surface area (Å²) >= 11 is 0. The number of hydrogen-bond acceptors (Lipinski definition) is 8. The number of aromatic nitrogens is 2. The average molecular weight is 483 g/mol. The number of hydroxylamine groups is 1. The van der Waals surface area contributed by atoms with Gasteiger partial charge in [-0.05, 0) is 36.8 Å². The third-order valence-corrected chi connectivity index (χ3v) is 5.21. The third-order valence-electron chi connectivity index (χ3n) is 5.21. The van der Waals surface area contributed by atoms with Gasteiger partial charge in [0.25, 0.3) is 5.56 Å². The van der Waals surface area contributed by atoms with E-state index < -0.39 is 12.1 Å². The molecule has 2 aromatic carbocycles. The summed E-state index contributed by atoms with van der Waals surface area (Å²) in [7, 11) is 0. The number of fused-ring (bicyclic) bond motifs is 1. The van der Waals surface area contributed by atoms with Crippen LogP contribution in [0.15, 0.2) is 58.4 Å². The topological polar surface area (TPSA) is 156 Å². The summed E-state index contributed by atoms with van der Waals surface area (Å²) < 4.78 is 13.0. The molecule has 186 valence electrons. The lowest BCUT2D eigenvalue weighted by Crippen LogP contribution is -2.39. The second-order valence-electron chi connectivity index (χ2n) is 7.53. The van der Waals surface area contributed by atoms with Crippen LogP contribution in [0.5, 0.6) is 5.75 Å². The molecule has 35 heavy (non-hydrogen) atoms. The van der Waals surface area contributed by atoms with E-state index in [0.29, 0.717) is 42.8 Å². The van der Waals surface area contributed by atoms with Crippen molar-refractivity contribution in [3.8, 4) is 5.75 Å². The monoisotopic (exact) mass is 482 g/mol. The molecule has 0 bridgehead atoms. The molecule has 0 saturated heterocycles. The van der Waals surface area contributed by atoms with Gasteiger partial charge in [-0.3, -0.25) is 9.36 Å². The minimum atomic E-state index is -0.843. The first-order valence-corrected chi connectivity index (χ1v) is 11.3. The van der Waals surface area contributed by atoms with Crippen LogP contribution in [0, 0.1) is 0 Å². The van der Waals surface area contributed by atoms with E-state index in [2.05, 4.69) is 15.6 Å². The van der Waals surface area contributed by atoms with Crippen LogP contribution in [-0.2, 0) is 33.8 Å². The van der Waals surface area contributed by atoms with Crippen LogP contribution in [0.3, 0.4) is 0 Å². The molecule has 1 aromatic heterocycles. The lowest BCUT2D eigenvalue weighted by molar-refractivity contribution is -0.161. The number of hydrazone groups is 1. The van der Waals surface area contributed by atoms with E-state index in [0.717, 1.165) is 11.4 Å². The molecule has 11 nitrogen and oxygen atoms in total. The van der Waals surface area contributed by atoms with Gasteiger partial charge >= 0.3 is 5.97 Å². The molecule has 0 aliphatic rings. The van der Waals surface area contributed by atoms with E-state index >= 15 is 0 Å². The van der Waals surface area contributed by atoms with Crippen molar-refractivity contribution in [3.05, 3.63) is 70.3 Å². The SMILES string of the molecule is CCOC(Cc1ccc(OCCn2c(CC)nc3ccccc3c2=O)cc1)C(=O)ONC(N)=NN. The highest BCUT2D eigenvalue weighted by Gasteiger charge is 2.22. The predicted molar refractivity (Wildman–Crippen MR) is 131 cm³/mol. The molecule has 1 heterocycles. The van der Waals surface area contributed by atoms with Gasteiger partial charge in [0.15, 0.2) is 6.10 Å². The molecule has 0 saturated carbocycles. The maximum atomic E-state index is 12.9. The summed E-state index contributed by atoms with van der Waals surface area (Å²) in [6.07, 6.45) is 0.0793. The van der Waals surface area contributed by atoms with Crippen molar-refractivity contribution >= 4 is 22.8 Å². The van der Waals surface area contributed by atoms with Crippen LogP contribution in [0.2, 0.25) is 0 Å². The minimum absolute atomic E-state index is 0.0748. The third kappa shape index (κ3) is 6.70. The number of benzene rings is 2. The molecule has 0 spiro atoms. The first-order valence-electron chi connectivity index (χ1n) is 11.3. The maximum Gasteiger partial charge on any atom is 0.361 e. The summed E-state index contributed by atoms with van der Waals surface area (Å²) in [5.74, 6) is 5.46. The normalized spacial score (nSPS) is 12.3. The van der Waals surface area contributed by atoms with Crippen molar-refractivity contribution < 1.29 is 19.1 Å². The lowest BCUT2D eigenvalue weighted by Gasteiger charge is -2.16. The Morgan fingerprint density at radius 2 is 1.91 bits per heavy atom. The van der Waals surface area contributed by atoms with E-state index in [4.69, 9.17) is 25.9 Å². The Kier molecular flexibility index (Phi) is 9.02. The van der Waals surface area contributed by atoms with Crippen LogP contribution in [0.25, 0.3) is 10.9 Å². The predicted octanol–water partition coefficient (Wildman–Crippen LogP) is 1.22. The van der Waals surface area contributed by atoms with Crippen LogP contribution in [0.1, 0.15) is 25.2 Å². The Bertz CT molecular complexity index is 1230. The Hall–Kier alpha value is -4.12. The highest BCUT2D eigenvalue weighted by molar-refractivity contribution is 5.80. The fraction of sp³-hybridized carbons (Fsp3) is 0.333. The van der Waals surface area contributed by atoms with E-state index in [-0.39, 0.29) is 17.9 Å². The highest BCUT2D eigenvalue weighted by atomic mass is 16.7. The number of carbonyl (C=O) groups excluding carboxylic acids is 1. The molecule has 0 aliphatic heterocycles. The van der Waals surface area contributed by atoms with Gasteiger partial charge in [0.05, 0.1) is 17.4 Å². The maximum absolute atomic E-state index is 12.9. The standard InChI is InChI=1S/C24H30N6O5/c1-3-21-27-19-8-6-5-7-18(19)22(31)30(21)13-14-34-17-11-9-16(10-12-17)15-20(33-4-2)23(32)35-29-24(25)28-26/h5-12,20H,3-4,13-15,26H2,1-2H3,(H3,25,28,29). The quantitative estimate of drug-likeness (QED) is 0.167. The summed E-state index contributed by atoms with van der Waals surface area (Å²) in [5, 5.41) is 3.75. The number of nitrogens with zero attached hydrogens (tertiary/aromatic N) is 3. The van der Waals surface area contributed by atoms with Crippen LogP contribution in [0.4, 0.5) is 0 Å². The van der Waals surface area contributed by atoms with Crippen molar-refractivity contribution in [2.24, 2.45) is 16.7 Å². The number of nitrogens with one attached hydrogen (secondary N) is 1. The molecule has 0 amide bonds. The molecule has 1 unspecified atom stereocenters. The number of rotatable bonds is 10. The Morgan fingerprint density at radius 3 is 2.60 bits per heavy atom. The number of aryl methyl sites for hydroxylation is 1. The summed E-state index contributed by atoms with van der Waals surface area (Å²) in [6, 6.07) is 14.6. The first-order chi connectivity index (χ1) is 17.0. The summed E-state index contributed by atoms with van der Waals surface area (Å²) in [4.78, 5) is 34.6. The summed E-state index contributed by atoms with van der Waals surface area (Å²) in [6.45, 7) is 4.75. The highest BCUT2D eigenvalue weighted by Crippen LogP contribution is 2.15. The van der Waals surface area contributed by atoms with Gasteiger partial charge in [-0.2, -0.15) is 5.48 Å². The number of nitrogens with two attached hydrogens (primary N) is 2. The number of hydrogen-bond donors (Lipinski definition) is 3. The van der Waals surface area contributed by atoms with Gasteiger partial charge in [-0.25, -0.2) is 9.78 Å². The summed E-state index contributed by atoms with van der Waals surface area (Å²) in [5.41, 5.74) is 8.97. The number of guanidine groups is 1. The van der Waals surface area contributed by atoms with E-state index in [9.17, 15) is 9.59 Å². The zero-order chi connectivity index (χ0) is 25.2. The molecule has 11 heteroatoms. The Morgan fingerprint density at radius 1 is 1.17 bits per heavy atom. The average Bonchev–Trinajstić information content (AvgIpc) is 2.88. The molecule has 5 N–H and O–H groups in total. The van der Waals surface area contributed by atoms with Gasteiger partial charge < -0.3 is 25.9 Å². The van der Waals surface area contributed by atoms with E-state index in [1.54, 1.807) is 29.7 Å². The van der Waals surface area contributed by atoms with Crippen molar-refractivity contribution in [3.63, 3.8) is 0 Å². The Labute approximate surface area is 202 Å². The molecule has 3 rings (SSSR count). The number of carbonyl (C=O) groups is 1. The lowest BCUT2D eigenvalue weighted by atomic mass is 10.1. The van der Waals surface area contributed by atoms with E-state index in [1.807, 2.05) is 37.3 Å². The molecule has 0 radical (unpaired) electrons. The molecule has 0 aliphatic carbocycles. The van der Waals surface area contributed by atoms with Crippen molar-refractivity contribution in [2.45, 2.75) is 39.3 Å². The molecule has 1 atom stereocenters. The minimum Gasteiger partial charge on any atom is -0.492 e. The molecule has 0 fully saturated rings. The van der Waals surface area contributed by atoms with Gasteiger partial charge in [0.1, 0.15) is 18.2 Å². The fourth-order valence-electron chi connectivity index (χ4n) is 3.51.